The molecule has 0 saturated carbocycles. The fourth-order valence-corrected chi connectivity index (χ4v) is 3.65. The van der Waals surface area contributed by atoms with Crippen LogP contribution in [-0.4, -0.2) is 18.5 Å². The second kappa shape index (κ2) is 6.07. The first-order valence-electron chi connectivity index (χ1n) is 7.88. The highest BCUT2D eigenvalue weighted by Crippen LogP contribution is 2.30. The summed E-state index contributed by atoms with van der Waals surface area (Å²) in [6.07, 6.45) is 1.71. The molecule has 2 N–H and O–H groups in total. The van der Waals surface area contributed by atoms with Crippen LogP contribution >= 0.6 is 15.9 Å². The van der Waals surface area contributed by atoms with Crippen LogP contribution in [0.5, 0.6) is 0 Å². The molecule has 2 unspecified atom stereocenters. The Morgan fingerprint density at radius 1 is 1.09 bits per heavy atom. The van der Waals surface area contributed by atoms with Crippen LogP contribution in [0.2, 0.25) is 0 Å². The van der Waals surface area contributed by atoms with Gasteiger partial charge in [-0.25, -0.2) is 10.9 Å². The number of nitrogens with one attached hydrogen (secondary N) is 2. The summed E-state index contributed by atoms with van der Waals surface area (Å²) < 4.78 is 1.06. The number of amides is 1. The van der Waals surface area contributed by atoms with Crippen LogP contribution in [0.3, 0.4) is 0 Å². The van der Waals surface area contributed by atoms with Gasteiger partial charge in [-0.2, -0.15) is 0 Å². The van der Waals surface area contributed by atoms with Crippen molar-refractivity contribution in [2.24, 2.45) is 0 Å². The van der Waals surface area contributed by atoms with Gasteiger partial charge in [0.05, 0.1) is 0 Å². The van der Waals surface area contributed by atoms with Crippen molar-refractivity contribution in [2.75, 3.05) is 11.4 Å². The SMILES string of the molecule is O=C(C1CC(c2ccc(Br)cc2)NN1)N1CCc2ccccc21. The molecule has 2 atom stereocenters. The normalized spacial score (nSPS) is 23.1. The molecule has 2 aliphatic rings. The molecule has 0 spiro atoms. The summed E-state index contributed by atoms with van der Waals surface area (Å²) in [5, 5.41) is 0. The minimum atomic E-state index is -0.185. The zero-order valence-electron chi connectivity index (χ0n) is 12.6. The molecule has 23 heavy (non-hydrogen) atoms. The molecular weight excluding hydrogens is 354 g/mol. The summed E-state index contributed by atoms with van der Waals surface area (Å²) in [6, 6.07) is 16.4. The van der Waals surface area contributed by atoms with Gasteiger partial charge in [-0.3, -0.25) is 4.79 Å². The maximum atomic E-state index is 12.9. The Morgan fingerprint density at radius 3 is 2.70 bits per heavy atom. The van der Waals surface area contributed by atoms with Crippen molar-refractivity contribution in [1.29, 1.82) is 0 Å². The van der Waals surface area contributed by atoms with Crippen molar-refractivity contribution in [3.8, 4) is 0 Å². The van der Waals surface area contributed by atoms with Crippen molar-refractivity contribution in [2.45, 2.75) is 24.9 Å². The molecule has 1 amide bonds. The van der Waals surface area contributed by atoms with Gasteiger partial charge in [-0.1, -0.05) is 46.3 Å². The van der Waals surface area contributed by atoms with E-state index in [4.69, 9.17) is 0 Å². The maximum Gasteiger partial charge on any atom is 0.245 e. The predicted molar refractivity (Wildman–Crippen MR) is 94.1 cm³/mol. The van der Waals surface area contributed by atoms with Crippen LogP contribution < -0.4 is 15.8 Å². The van der Waals surface area contributed by atoms with E-state index >= 15 is 0 Å². The van der Waals surface area contributed by atoms with Crippen LogP contribution in [0.4, 0.5) is 5.69 Å². The second-order valence-electron chi connectivity index (χ2n) is 6.05. The van der Waals surface area contributed by atoms with Crippen LogP contribution in [0.15, 0.2) is 53.0 Å². The molecule has 2 aromatic carbocycles. The smallest absolute Gasteiger partial charge is 0.245 e. The van der Waals surface area contributed by atoms with Gasteiger partial charge < -0.3 is 4.90 Å². The van der Waals surface area contributed by atoms with Gasteiger partial charge in [0, 0.05) is 22.7 Å². The summed E-state index contributed by atoms with van der Waals surface area (Å²) in [5.74, 6) is 0.155. The molecule has 0 bridgehead atoms. The number of hydrogen-bond donors (Lipinski definition) is 2. The highest BCUT2D eigenvalue weighted by molar-refractivity contribution is 9.10. The molecular formula is C18H18BrN3O. The van der Waals surface area contributed by atoms with E-state index in [1.807, 2.05) is 35.2 Å². The first-order chi connectivity index (χ1) is 11.2. The van der Waals surface area contributed by atoms with Crippen molar-refractivity contribution >= 4 is 27.5 Å². The fourth-order valence-electron chi connectivity index (χ4n) is 3.39. The van der Waals surface area contributed by atoms with Gasteiger partial charge in [-0.05, 0) is 42.2 Å². The number of fused-ring (bicyclic) bond motifs is 1. The highest BCUT2D eigenvalue weighted by atomic mass is 79.9. The zero-order chi connectivity index (χ0) is 15.8. The largest absolute Gasteiger partial charge is 0.310 e. The Balaban J connectivity index is 1.48. The van der Waals surface area contributed by atoms with E-state index < -0.39 is 0 Å². The Hall–Kier alpha value is -1.69. The van der Waals surface area contributed by atoms with Gasteiger partial charge in [0.1, 0.15) is 6.04 Å². The number of benzene rings is 2. The van der Waals surface area contributed by atoms with Gasteiger partial charge in [-0.15, -0.1) is 0 Å². The molecule has 0 aromatic heterocycles. The minimum absolute atomic E-state index is 0.155. The van der Waals surface area contributed by atoms with E-state index in [0.717, 1.165) is 29.5 Å². The number of carbonyl (C=O) groups is 1. The molecule has 1 saturated heterocycles. The standard InChI is InChI=1S/C18H18BrN3O/c19-14-7-5-12(6-8-14)15-11-16(21-20-15)18(23)22-10-9-13-3-1-2-4-17(13)22/h1-8,15-16,20-21H,9-11H2. The Bertz CT molecular complexity index is 731. The first-order valence-corrected chi connectivity index (χ1v) is 8.67. The van der Waals surface area contributed by atoms with Gasteiger partial charge in [0.25, 0.3) is 0 Å². The van der Waals surface area contributed by atoms with Crippen molar-refractivity contribution < 1.29 is 4.79 Å². The van der Waals surface area contributed by atoms with Crippen LogP contribution in [0.25, 0.3) is 0 Å². The lowest BCUT2D eigenvalue weighted by Gasteiger charge is -2.21. The molecule has 0 aliphatic carbocycles. The average molecular weight is 372 g/mol. The highest BCUT2D eigenvalue weighted by Gasteiger charge is 2.35. The van der Waals surface area contributed by atoms with E-state index in [9.17, 15) is 4.79 Å². The molecule has 2 aromatic rings. The Morgan fingerprint density at radius 2 is 1.87 bits per heavy atom. The van der Waals surface area contributed by atoms with E-state index in [1.54, 1.807) is 0 Å². The van der Waals surface area contributed by atoms with Crippen LogP contribution in [0.1, 0.15) is 23.6 Å². The molecule has 2 aliphatic heterocycles. The Labute approximate surface area is 144 Å². The molecule has 5 heteroatoms. The third kappa shape index (κ3) is 2.80. The molecule has 0 radical (unpaired) electrons. The molecule has 4 nitrogen and oxygen atoms in total. The number of rotatable bonds is 2. The minimum Gasteiger partial charge on any atom is -0.310 e. The van der Waals surface area contributed by atoms with Crippen molar-refractivity contribution in [1.82, 2.24) is 10.9 Å². The van der Waals surface area contributed by atoms with Crippen LogP contribution in [-0.2, 0) is 11.2 Å². The maximum absolute atomic E-state index is 12.9. The number of nitrogens with zero attached hydrogens (tertiary/aromatic N) is 1. The molecule has 4 rings (SSSR count). The lowest BCUT2D eigenvalue weighted by Crippen LogP contribution is -2.45. The summed E-state index contributed by atoms with van der Waals surface area (Å²) in [5.41, 5.74) is 9.95. The monoisotopic (exact) mass is 371 g/mol. The Kier molecular flexibility index (Phi) is 3.93. The number of anilines is 1. The van der Waals surface area contributed by atoms with Crippen LogP contribution in [0, 0.1) is 0 Å². The van der Waals surface area contributed by atoms with E-state index in [-0.39, 0.29) is 18.0 Å². The summed E-state index contributed by atoms with van der Waals surface area (Å²) >= 11 is 3.45. The van der Waals surface area contributed by atoms with E-state index in [0.29, 0.717) is 0 Å². The average Bonchev–Trinajstić information content (AvgIpc) is 3.22. The number of para-hydroxylation sites is 1. The molecule has 118 valence electrons. The summed E-state index contributed by atoms with van der Waals surface area (Å²) in [6.45, 7) is 0.777. The van der Waals surface area contributed by atoms with Crippen molar-refractivity contribution in [3.63, 3.8) is 0 Å². The summed E-state index contributed by atoms with van der Waals surface area (Å²) in [7, 11) is 0. The van der Waals surface area contributed by atoms with Crippen molar-refractivity contribution in [3.05, 3.63) is 64.1 Å². The second-order valence-corrected chi connectivity index (χ2v) is 6.97. The molecule has 1 fully saturated rings. The lowest BCUT2D eigenvalue weighted by atomic mass is 10.0. The molecule has 2 heterocycles. The number of halogens is 1. The summed E-state index contributed by atoms with van der Waals surface area (Å²) in [4.78, 5) is 14.8. The predicted octanol–water partition coefficient (Wildman–Crippen LogP) is 2.95. The third-order valence-electron chi connectivity index (χ3n) is 4.63. The fraction of sp³-hybridized carbons (Fsp3) is 0.278. The lowest BCUT2D eigenvalue weighted by molar-refractivity contribution is -0.120. The van der Waals surface area contributed by atoms with Gasteiger partial charge in [0.2, 0.25) is 5.91 Å². The van der Waals surface area contributed by atoms with E-state index in [1.165, 1.54) is 11.1 Å². The van der Waals surface area contributed by atoms with Gasteiger partial charge >= 0.3 is 0 Å². The first kappa shape index (κ1) is 14.9. The van der Waals surface area contributed by atoms with Gasteiger partial charge in [0.15, 0.2) is 0 Å². The third-order valence-corrected chi connectivity index (χ3v) is 5.16. The quantitative estimate of drug-likeness (QED) is 0.852. The zero-order valence-corrected chi connectivity index (χ0v) is 14.2. The number of hydrogen-bond acceptors (Lipinski definition) is 3. The topological polar surface area (TPSA) is 44.4 Å². The number of carbonyl (C=O) groups excluding carboxylic acids is 1. The number of hydrazine groups is 1. The van der Waals surface area contributed by atoms with E-state index in [2.05, 4.69) is 45.0 Å².